The van der Waals surface area contributed by atoms with Crippen LogP contribution in [0.2, 0.25) is 0 Å². The van der Waals surface area contributed by atoms with E-state index in [0.717, 1.165) is 31.4 Å². The minimum absolute atomic E-state index is 0.0614. The van der Waals surface area contributed by atoms with E-state index in [1.54, 1.807) is 0 Å². The van der Waals surface area contributed by atoms with Crippen LogP contribution in [0, 0.1) is 0 Å². The summed E-state index contributed by atoms with van der Waals surface area (Å²) in [6, 6.07) is 10.3. The van der Waals surface area contributed by atoms with Crippen molar-refractivity contribution in [3.05, 3.63) is 35.9 Å². The van der Waals surface area contributed by atoms with Crippen LogP contribution in [-0.2, 0) is 11.3 Å². The van der Waals surface area contributed by atoms with Crippen LogP contribution < -0.4 is 5.32 Å². The molecule has 2 atom stereocenters. The summed E-state index contributed by atoms with van der Waals surface area (Å²) < 4.78 is 0. The molecule has 1 heterocycles. The third kappa shape index (κ3) is 4.62. The third-order valence-electron chi connectivity index (χ3n) is 3.79. The monoisotopic (exact) mass is 276 g/mol. The van der Waals surface area contributed by atoms with Gasteiger partial charge in [-0.05, 0) is 38.3 Å². The Morgan fingerprint density at radius 2 is 2.20 bits per heavy atom. The van der Waals surface area contributed by atoms with E-state index >= 15 is 0 Å². The number of nitrogens with one attached hydrogen (secondary N) is 1. The molecule has 1 aliphatic rings. The fourth-order valence-corrected chi connectivity index (χ4v) is 2.80. The van der Waals surface area contributed by atoms with Crippen molar-refractivity contribution in [2.24, 2.45) is 0 Å². The SMILES string of the molecule is CC(O)CC1CCCN1CC(=O)NCc1ccccc1. The minimum atomic E-state index is -0.298. The van der Waals surface area contributed by atoms with E-state index in [-0.39, 0.29) is 12.0 Å². The van der Waals surface area contributed by atoms with E-state index in [0.29, 0.717) is 19.1 Å². The number of nitrogens with zero attached hydrogens (tertiary/aromatic N) is 1. The van der Waals surface area contributed by atoms with Gasteiger partial charge >= 0.3 is 0 Å². The quantitative estimate of drug-likeness (QED) is 0.828. The molecule has 0 spiro atoms. The maximum absolute atomic E-state index is 12.0. The molecule has 0 aliphatic carbocycles. The van der Waals surface area contributed by atoms with Crippen molar-refractivity contribution in [3.63, 3.8) is 0 Å². The van der Waals surface area contributed by atoms with Gasteiger partial charge < -0.3 is 10.4 Å². The number of hydrogen-bond donors (Lipinski definition) is 2. The van der Waals surface area contributed by atoms with E-state index < -0.39 is 0 Å². The molecule has 20 heavy (non-hydrogen) atoms. The molecular weight excluding hydrogens is 252 g/mol. The smallest absolute Gasteiger partial charge is 0.234 e. The first-order chi connectivity index (χ1) is 9.65. The standard InChI is InChI=1S/C16H24N2O2/c1-13(19)10-15-8-5-9-18(15)12-16(20)17-11-14-6-3-2-4-7-14/h2-4,6-7,13,15,19H,5,8-12H2,1H3,(H,17,20). The summed E-state index contributed by atoms with van der Waals surface area (Å²) in [5, 5.41) is 12.4. The zero-order valence-electron chi connectivity index (χ0n) is 12.1. The molecule has 2 unspecified atom stereocenters. The van der Waals surface area contributed by atoms with E-state index in [2.05, 4.69) is 10.2 Å². The molecular formula is C16H24N2O2. The molecule has 0 saturated carbocycles. The summed E-state index contributed by atoms with van der Waals surface area (Å²) in [4.78, 5) is 14.2. The van der Waals surface area contributed by atoms with Gasteiger partial charge in [0.1, 0.15) is 0 Å². The average molecular weight is 276 g/mol. The topological polar surface area (TPSA) is 52.6 Å². The zero-order valence-corrected chi connectivity index (χ0v) is 12.1. The Bertz CT molecular complexity index is 420. The highest BCUT2D eigenvalue weighted by Gasteiger charge is 2.26. The summed E-state index contributed by atoms with van der Waals surface area (Å²) in [7, 11) is 0. The normalized spacial score (nSPS) is 20.8. The zero-order chi connectivity index (χ0) is 14.4. The first-order valence-electron chi connectivity index (χ1n) is 7.38. The Kier molecular flexibility index (Phi) is 5.56. The van der Waals surface area contributed by atoms with Gasteiger partial charge in [-0.2, -0.15) is 0 Å². The number of carbonyl (C=O) groups is 1. The molecule has 1 aliphatic heterocycles. The highest BCUT2D eigenvalue weighted by molar-refractivity contribution is 5.78. The summed E-state index contributed by atoms with van der Waals surface area (Å²) in [5.74, 6) is 0.0614. The van der Waals surface area contributed by atoms with Gasteiger partial charge in [0.2, 0.25) is 5.91 Å². The van der Waals surface area contributed by atoms with Gasteiger partial charge in [-0.25, -0.2) is 0 Å². The van der Waals surface area contributed by atoms with E-state index in [1.165, 1.54) is 0 Å². The van der Waals surface area contributed by atoms with Crippen LogP contribution in [0.5, 0.6) is 0 Å². The second-order valence-corrected chi connectivity index (χ2v) is 5.61. The first kappa shape index (κ1) is 15.0. The van der Waals surface area contributed by atoms with Crippen molar-refractivity contribution < 1.29 is 9.90 Å². The molecule has 0 bridgehead atoms. The van der Waals surface area contributed by atoms with Crippen LogP contribution in [-0.4, -0.2) is 41.1 Å². The van der Waals surface area contributed by atoms with Crippen LogP contribution >= 0.6 is 0 Å². The lowest BCUT2D eigenvalue weighted by Gasteiger charge is -2.24. The summed E-state index contributed by atoms with van der Waals surface area (Å²) >= 11 is 0. The van der Waals surface area contributed by atoms with Crippen LogP contribution in [0.4, 0.5) is 0 Å². The Hall–Kier alpha value is -1.39. The van der Waals surface area contributed by atoms with E-state index in [1.807, 2.05) is 37.3 Å². The Morgan fingerprint density at radius 3 is 2.90 bits per heavy atom. The number of rotatable bonds is 6. The second-order valence-electron chi connectivity index (χ2n) is 5.61. The molecule has 0 aromatic heterocycles. The molecule has 2 N–H and O–H groups in total. The summed E-state index contributed by atoms with van der Waals surface area (Å²) in [6.07, 6.45) is 2.65. The second kappa shape index (κ2) is 7.41. The van der Waals surface area contributed by atoms with Crippen LogP contribution in [0.25, 0.3) is 0 Å². The molecule has 1 aromatic rings. The fourth-order valence-electron chi connectivity index (χ4n) is 2.80. The molecule has 1 aromatic carbocycles. The lowest BCUT2D eigenvalue weighted by atomic mass is 10.1. The molecule has 0 radical (unpaired) electrons. The Labute approximate surface area is 120 Å². The van der Waals surface area contributed by atoms with Gasteiger partial charge in [-0.1, -0.05) is 30.3 Å². The lowest BCUT2D eigenvalue weighted by Crippen LogP contribution is -2.40. The van der Waals surface area contributed by atoms with E-state index in [9.17, 15) is 9.90 Å². The van der Waals surface area contributed by atoms with Gasteiger partial charge in [-0.15, -0.1) is 0 Å². The maximum atomic E-state index is 12.0. The minimum Gasteiger partial charge on any atom is -0.393 e. The van der Waals surface area contributed by atoms with E-state index in [4.69, 9.17) is 0 Å². The van der Waals surface area contributed by atoms with Crippen LogP contribution in [0.1, 0.15) is 31.7 Å². The molecule has 4 heteroatoms. The van der Waals surface area contributed by atoms with Gasteiger partial charge in [0.25, 0.3) is 0 Å². The number of aliphatic hydroxyl groups is 1. The first-order valence-corrected chi connectivity index (χ1v) is 7.38. The summed E-state index contributed by atoms with van der Waals surface area (Å²) in [6.45, 7) is 3.78. The maximum Gasteiger partial charge on any atom is 0.234 e. The predicted molar refractivity (Wildman–Crippen MR) is 79.2 cm³/mol. The number of benzene rings is 1. The van der Waals surface area contributed by atoms with Gasteiger partial charge in [0.15, 0.2) is 0 Å². The molecule has 1 fully saturated rings. The average Bonchev–Trinajstić information content (AvgIpc) is 2.84. The lowest BCUT2D eigenvalue weighted by molar-refractivity contribution is -0.122. The molecule has 4 nitrogen and oxygen atoms in total. The fraction of sp³-hybridized carbons (Fsp3) is 0.562. The number of likely N-dealkylation sites (tertiary alicyclic amines) is 1. The molecule has 1 amide bonds. The highest BCUT2D eigenvalue weighted by Crippen LogP contribution is 2.20. The highest BCUT2D eigenvalue weighted by atomic mass is 16.3. The molecule has 110 valence electrons. The van der Waals surface area contributed by atoms with Crippen LogP contribution in [0.3, 0.4) is 0 Å². The molecule has 1 saturated heterocycles. The number of carbonyl (C=O) groups excluding carboxylic acids is 1. The van der Waals surface area contributed by atoms with Gasteiger partial charge in [0, 0.05) is 12.6 Å². The van der Waals surface area contributed by atoms with Crippen molar-refractivity contribution in [1.82, 2.24) is 10.2 Å². The number of aliphatic hydroxyl groups excluding tert-OH is 1. The number of hydrogen-bond acceptors (Lipinski definition) is 3. The van der Waals surface area contributed by atoms with Crippen molar-refractivity contribution in [3.8, 4) is 0 Å². The van der Waals surface area contributed by atoms with Gasteiger partial charge in [-0.3, -0.25) is 9.69 Å². The largest absolute Gasteiger partial charge is 0.393 e. The van der Waals surface area contributed by atoms with Crippen LogP contribution in [0.15, 0.2) is 30.3 Å². The van der Waals surface area contributed by atoms with Crippen molar-refractivity contribution in [2.45, 2.75) is 44.9 Å². The molecule has 2 rings (SSSR count). The number of amides is 1. The third-order valence-corrected chi connectivity index (χ3v) is 3.79. The summed E-state index contributed by atoms with van der Waals surface area (Å²) in [5.41, 5.74) is 1.11. The van der Waals surface area contributed by atoms with Gasteiger partial charge in [0.05, 0.1) is 12.6 Å². The van der Waals surface area contributed by atoms with Crippen molar-refractivity contribution in [2.75, 3.05) is 13.1 Å². The van der Waals surface area contributed by atoms with Crippen molar-refractivity contribution in [1.29, 1.82) is 0 Å². The Morgan fingerprint density at radius 1 is 1.45 bits per heavy atom. The van der Waals surface area contributed by atoms with Crippen molar-refractivity contribution >= 4 is 5.91 Å². The Balaban J connectivity index is 1.76. The predicted octanol–water partition coefficient (Wildman–Crippen LogP) is 1.54.